The summed E-state index contributed by atoms with van der Waals surface area (Å²) < 4.78 is 35.4. The van der Waals surface area contributed by atoms with Gasteiger partial charge in [0.25, 0.3) is 5.91 Å². The summed E-state index contributed by atoms with van der Waals surface area (Å²) in [4.78, 5) is 35.9. The average Bonchev–Trinajstić information content (AvgIpc) is 2.91. The van der Waals surface area contributed by atoms with Gasteiger partial charge < -0.3 is 19.4 Å². The summed E-state index contributed by atoms with van der Waals surface area (Å²) in [6, 6.07) is 6.85. The summed E-state index contributed by atoms with van der Waals surface area (Å²) in [5.41, 5.74) is 2.17. The minimum absolute atomic E-state index is 0.0393. The quantitative estimate of drug-likeness (QED) is 0.549. The number of carbonyl (C=O) groups is 3. The van der Waals surface area contributed by atoms with Crippen LogP contribution in [-0.4, -0.2) is 42.0 Å². The fourth-order valence-corrected chi connectivity index (χ4v) is 2.48. The van der Waals surface area contributed by atoms with Crippen LogP contribution in [0.4, 0.5) is 8.78 Å². The molecule has 150 valence electrons. The van der Waals surface area contributed by atoms with Gasteiger partial charge in [0.05, 0.1) is 0 Å². The molecule has 2 rings (SSSR count). The summed E-state index contributed by atoms with van der Waals surface area (Å²) in [5, 5.41) is 2.30. The van der Waals surface area contributed by atoms with Gasteiger partial charge in [-0.25, -0.2) is 0 Å². The third-order valence-corrected chi connectivity index (χ3v) is 4.15. The normalized spacial score (nSPS) is 10.6. The summed E-state index contributed by atoms with van der Waals surface area (Å²) in [6.45, 7) is -0.293. The van der Waals surface area contributed by atoms with Crippen molar-refractivity contribution in [1.29, 1.82) is 0 Å². The van der Waals surface area contributed by atoms with Gasteiger partial charge in [-0.2, -0.15) is 8.78 Å². The van der Waals surface area contributed by atoms with E-state index in [0.29, 0.717) is 5.56 Å². The number of aromatic nitrogens is 1. The van der Waals surface area contributed by atoms with Crippen molar-refractivity contribution < 1.29 is 32.6 Å². The van der Waals surface area contributed by atoms with Crippen molar-refractivity contribution in [2.75, 3.05) is 13.2 Å². The van der Waals surface area contributed by atoms with Gasteiger partial charge in [0.1, 0.15) is 12.3 Å². The predicted octanol–water partition coefficient (Wildman–Crippen LogP) is 2.40. The minimum Gasteiger partial charge on any atom is -0.456 e. The third kappa shape index (κ3) is 5.38. The molecule has 1 amide bonds. The van der Waals surface area contributed by atoms with E-state index in [1.807, 2.05) is 18.5 Å². The molecule has 0 spiro atoms. The number of alkyl halides is 2. The molecule has 0 radical (unpaired) electrons. The van der Waals surface area contributed by atoms with Crippen LogP contribution in [0.15, 0.2) is 30.3 Å². The highest BCUT2D eigenvalue weighted by Gasteiger charge is 2.17. The van der Waals surface area contributed by atoms with Crippen molar-refractivity contribution in [3.8, 4) is 5.75 Å². The molecule has 1 aromatic carbocycles. The first-order chi connectivity index (χ1) is 13.2. The molecule has 0 aliphatic carbocycles. The van der Waals surface area contributed by atoms with Gasteiger partial charge in [0.15, 0.2) is 6.61 Å². The molecular formula is C19H20F2N2O5. The van der Waals surface area contributed by atoms with Gasteiger partial charge >= 0.3 is 12.6 Å². The largest absolute Gasteiger partial charge is 0.456 e. The van der Waals surface area contributed by atoms with E-state index >= 15 is 0 Å². The third-order valence-electron chi connectivity index (χ3n) is 4.15. The summed E-state index contributed by atoms with van der Waals surface area (Å²) in [6.07, 6.45) is 0. The zero-order valence-corrected chi connectivity index (χ0v) is 15.6. The molecule has 0 saturated heterocycles. The van der Waals surface area contributed by atoms with Crippen molar-refractivity contribution >= 4 is 17.7 Å². The SMILES string of the molecule is Cc1cc(C(=O)COC(=O)CNC(=O)c2cccc(OC(F)F)c2)c(C)n1C. The van der Waals surface area contributed by atoms with Crippen molar-refractivity contribution in [2.45, 2.75) is 20.5 Å². The Morgan fingerprint density at radius 1 is 1.18 bits per heavy atom. The van der Waals surface area contributed by atoms with E-state index in [1.165, 1.54) is 18.2 Å². The van der Waals surface area contributed by atoms with Crippen LogP contribution in [0.3, 0.4) is 0 Å². The van der Waals surface area contributed by atoms with Crippen LogP contribution in [0.5, 0.6) is 5.75 Å². The van der Waals surface area contributed by atoms with Gasteiger partial charge in [0, 0.05) is 29.6 Å². The number of hydrogen-bond donors (Lipinski definition) is 1. The Morgan fingerprint density at radius 2 is 1.89 bits per heavy atom. The van der Waals surface area contributed by atoms with Crippen molar-refractivity contribution in [1.82, 2.24) is 9.88 Å². The molecule has 0 atom stereocenters. The average molecular weight is 394 g/mol. The van der Waals surface area contributed by atoms with Gasteiger partial charge in [-0.05, 0) is 38.1 Å². The molecule has 9 heteroatoms. The number of benzene rings is 1. The molecule has 1 aromatic heterocycles. The summed E-state index contributed by atoms with van der Waals surface area (Å²) in [5.74, 6) is -1.99. The van der Waals surface area contributed by atoms with E-state index in [-0.39, 0.29) is 17.1 Å². The first-order valence-electron chi connectivity index (χ1n) is 8.34. The first-order valence-corrected chi connectivity index (χ1v) is 8.34. The highest BCUT2D eigenvalue weighted by atomic mass is 19.3. The number of nitrogens with one attached hydrogen (secondary N) is 1. The Morgan fingerprint density at radius 3 is 2.50 bits per heavy atom. The molecule has 2 aromatic rings. The molecule has 0 fully saturated rings. The molecular weight excluding hydrogens is 374 g/mol. The Bertz CT molecular complexity index is 892. The van der Waals surface area contributed by atoms with E-state index in [9.17, 15) is 23.2 Å². The maximum absolute atomic E-state index is 12.2. The van der Waals surface area contributed by atoms with E-state index in [0.717, 1.165) is 17.5 Å². The van der Waals surface area contributed by atoms with E-state index in [4.69, 9.17) is 4.74 Å². The molecule has 0 aliphatic rings. The number of ether oxygens (including phenoxy) is 2. The Kier molecular flexibility index (Phi) is 6.86. The second-order valence-electron chi connectivity index (χ2n) is 6.02. The molecule has 1 heterocycles. The number of esters is 1. The van der Waals surface area contributed by atoms with Gasteiger partial charge in [0.2, 0.25) is 5.78 Å². The lowest BCUT2D eigenvalue weighted by Gasteiger charge is -2.08. The van der Waals surface area contributed by atoms with Crippen LogP contribution in [0.1, 0.15) is 32.1 Å². The summed E-state index contributed by atoms with van der Waals surface area (Å²) in [7, 11) is 1.82. The Hall–Kier alpha value is -3.23. The zero-order chi connectivity index (χ0) is 20.8. The molecule has 1 N–H and O–H groups in total. The smallest absolute Gasteiger partial charge is 0.387 e. The number of hydrogen-bond acceptors (Lipinski definition) is 5. The molecule has 0 bridgehead atoms. The van der Waals surface area contributed by atoms with Crippen LogP contribution in [0, 0.1) is 13.8 Å². The zero-order valence-electron chi connectivity index (χ0n) is 15.6. The lowest BCUT2D eigenvalue weighted by Crippen LogP contribution is -2.31. The van der Waals surface area contributed by atoms with Crippen LogP contribution < -0.4 is 10.1 Å². The number of amides is 1. The molecule has 0 unspecified atom stereocenters. The number of halogens is 2. The number of aryl methyl sites for hydroxylation is 1. The maximum Gasteiger partial charge on any atom is 0.387 e. The van der Waals surface area contributed by atoms with Crippen LogP contribution in [0.2, 0.25) is 0 Å². The van der Waals surface area contributed by atoms with Gasteiger partial charge in [-0.1, -0.05) is 6.07 Å². The van der Waals surface area contributed by atoms with E-state index < -0.39 is 31.6 Å². The molecule has 0 saturated carbocycles. The van der Waals surface area contributed by atoms with Crippen LogP contribution in [0.25, 0.3) is 0 Å². The molecule has 7 nitrogen and oxygen atoms in total. The second kappa shape index (κ2) is 9.12. The predicted molar refractivity (Wildman–Crippen MR) is 95.6 cm³/mol. The fourth-order valence-electron chi connectivity index (χ4n) is 2.48. The lowest BCUT2D eigenvalue weighted by molar-refractivity contribution is -0.141. The highest BCUT2D eigenvalue weighted by molar-refractivity contribution is 6.00. The van der Waals surface area contributed by atoms with Gasteiger partial charge in [-0.3, -0.25) is 14.4 Å². The Labute approximate surface area is 160 Å². The minimum atomic E-state index is -3.01. The van der Waals surface area contributed by atoms with E-state index in [2.05, 4.69) is 10.1 Å². The topological polar surface area (TPSA) is 86.6 Å². The maximum atomic E-state index is 12.2. The number of rotatable bonds is 8. The number of Topliss-reactive ketones (excluding diaryl/α,β-unsaturated/α-hetero) is 1. The summed E-state index contributed by atoms with van der Waals surface area (Å²) >= 11 is 0. The number of carbonyl (C=O) groups excluding carboxylic acids is 3. The number of nitrogens with zero attached hydrogens (tertiary/aromatic N) is 1. The fraction of sp³-hybridized carbons (Fsp3) is 0.316. The lowest BCUT2D eigenvalue weighted by atomic mass is 10.1. The van der Waals surface area contributed by atoms with Crippen LogP contribution in [-0.2, 0) is 16.6 Å². The van der Waals surface area contributed by atoms with Crippen molar-refractivity contribution in [3.63, 3.8) is 0 Å². The van der Waals surface area contributed by atoms with Crippen molar-refractivity contribution in [2.24, 2.45) is 7.05 Å². The van der Waals surface area contributed by atoms with E-state index in [1.54, 1.807) is 13.0 Å². The van der Waals surface area contributed by atoms with Crippen LogP contribution >= 0.6 is 0 Å². The second-order valence-corrected chi connectivity index (χ2v) is 6.02. The Balaban J connectivity index is 1.84. The molecule has 0 aliphatic heterocycles. The molecule has 28 heavy (non-hydrogen) atoms. The standard InChI is InChI=1S/C19H20F2N2O5/c1-11-7-15(12(2)23(11)3)16(24)10-27-17(25)9-22-18(26)13-5-4-6-14(8-13)28-19(20)21/h4-8,19H,9-10H2,1-3H3,(H,22,26). The number of ketones is 1. The highest BCUT2D eigenvalue weighted by Crippen LogP contribution is 2.16. The van der Waals surface area contributed by atoms with Gasteiger partial charge in [-0.15, -0.1) is 0 Å². The monoisotopic (exact) mass is 394 g/mol. The van der Waals surface area contributed by atoms with Crippen molar-refractivity contribution in [3.05, 3.63) is 52.8 Å². The first kappa shape index (κ1) is 21.1.